The van der Waals surface area contributed by atoms with Gasteiger partial charge in [0.1, 0.15) is 6.23 Å². The molecule has 0 aromatic carbocycles. The van der Waals surface area contributed by atoms with Crippen molar-refractivity contribution in [1.29, 1.82) is 0 Å². The van der Waals surface area contributed by atoms with Crippen LogP contribution < -0.4 is 10.9 Å². The lowest BCUT2D eigenvalue weighted by molar-refractivity contribution is 0.0563. The van der Waals surface area contributed by atoms with E-state index in [2.05, 4.69) is 29.1 Å². The molecule has 2 aliphatic rings. The van der Waals surface area contributed by atoms with Crippen LogP contribution in [-0.2, 0) is 4.74 Å². The molecule has 1 aliphatic heterocycles. The lowest BCUT2D eigenvalue weighted by atomic mass is 9.97. The lowest BCUT2D eigenvalue weighted by Crippen LogP contribution is -2.32. The molecule has 1 saturated heterocycles. The first-order valence-electron chi connectivity index (χ1n) is 3.83. The fourth-order valence-corrected chi connectivity index (χ4v) is 1.55. The summed E-state index contributed by atoms with van der Waals surface area (Å²) in [6.07, 6.45) is 7.50. The van der Waals surface area contributed by atoms with Crippen LogP contribution in [0.1, 0.15) is 6.42 Å². The van der Waals surface area contributed by atoms with E-state index in [4.69, 9.17) is 4.74 Å². The molecule has 2 rings (SSSR count). The van der Waals surface area contributed by atoms with Gasteiger partial charge in [0.15, 0.2) is 0 Å². The smallest absolute Gasteiger partial charge is 0.132 e. The molecule has 0 saturated carbocycles. The van der Waals surface area contributed by atoms with Gasteiger partial charge in [0.25, 0.3) is 0 Å². The summed E-state index contributed by atoms with van der Waals surface area (Å²) in [4.78, 5) is 0. The zero-order chi connectivity index (χ0) is 7.68. The minimum atomic E-state index is 0.131. The summed E-state index contributed by atoms with van der Waals surface area (Å²) in [6, 6.07) is 0. The molecule has 2 atom stereocenters. The van der Waals surface area contributed by atoms with Crippen LogP contribution in [0.5, 0.6) is 0 Å². The van der Waals surface area contributed by atoms with E-state index in [-0.39, 0.29) is 6.23 Å². The number of methoxy groups -OCH3 is 1. The molecule has 0 bridgehead atoms. The molecule has 3 heteroatoms. The third kappa shape index (κ3) is 1.06. The molecule has 0 aromatic rings. The van der Waals surface area contributed by atoms with E-state index in [1.807, 2.05) is 0 Å². The molecular formula is C8H12N2O. The number of allylic oxidation sites excluding steroid dienone is 3. The van der Waals surface area contributed by atoms with Gasteiger partial charge in [-0.05, 0) is 12.5 Å². The van der Waals surface area contributed by atoms with Crippen molar-refractivity contribution in [3.8, 4) is 0 Å². The number of hydrogen-bond acceptors (Lipinski definition) is 3. The molecule has 2 N–H and O–H groups in total. The van der Waals surface area contributed by atoms with Crippen molar-refractivity contribution >= 4 is 0 Å². The summed E-state index contributed by atoms with van der Waals surface area (Å²) in [7, 11) is 1.72. The van der Waals surface area contributed by atoms with Gasteiger partial charge < -0.3 is 10.2 Å². The van der Waals surface area contributed by atoms with Gasteiger partial charge in [-0.2, -0.15) is 0 Å². The van der Waals surface area contributed by atoms with E-state index in [9.17, 15) is 0 Å². The highest BCUT2D eigenvalue weighted by atomic mass is 16.5. The highest BCUT2D eigenvalue weighted by Crippen LogP contribution is 2.25. The Hall–Kier alpha value is -0.800. The fraction of sp³-hybridized carbons (Fsp3) is 0.500. The van der Waals surface area contributed by atoms with Gasteiger partial charge in [-0.25, -0.2) is 5.43 Å². The normalized spacial score (nSPS) is 34.5. The third-order valence-corrected chi connectivity index (χ3v) is 2.18. The zero-order valence-electron chi connectivity index (χ0n) is 6.50. The molecule has 3 nitrogen and oxygen atoms in total. The average Bonchev–Trinajstić information content (AvgIpc) is 2.47. The molecule has 0 amide bonds. The third-order valence-electron chi connectivity index (χ3n) is 2.18. The lowest BCUT2D eigenvalue weighted by Gasteiger charge is -2.16. The number of hydrogen-bond donors (Lipinski definition) is 2. The largest absolute Gasteiger partial charge is 0.364 e. The van der Waals surface area contributed by atoms with Crippen molar-refractivity contribution in [3.63, 3.8) is 0 Å². The van der Waals surface area contributed by atoms with Gasteiger partial charge in [-0.15, -0.1) is 0 Å². The van der Waals surface area contributed by atoms with Crippen molar-refractivity contribution in [2.45, 2.75) is 12.6 Å². The summed E-state index contributed by atoms with van der Waals surface area (Å²) in [5.74, 6) is 0.477. The van der Waals surface area contributed by atoms with E-state index in [0.717, 1.165) is 6.42 Å². The minimum absolute atomic E-state index is 0.131. The van der Waals surface area contributed by atoms with Gasteiger partial charge in [-0.3, -0.25) is 0 Å². The highest BCUT2D eigenvalue weighted by molar-refractivity contribution is 5.22. The monoisotopic (exact) mass is 152 g/mol. The van der Waals surface area contributed by atoms with Crippen LogP contribution in [0.25, 0.3) is 0 Å². The van der Waals surface area contributed by atoms with Crippen LogP contribution in [0.15, 0.2) is 23.9 Å². The second-order valence-corrected chi connectivity index (χ2v) is 2.82. The molecule has 0 aromatic heterocycles. The number of fused-ring (bicyclic) bond motifs is 1. The van der Waals surface area contributed by atoms with Crippen molar-refractivity contribution in [1.82, 2.24) is 10.9 Å². The van der Waals surface area contributed by atoms with Gasteiger partial charge >= 0.3 is 0 Å². The number of hydrazine groups is 1. The Morgan fingerprint density at radius 2 is 2.55 bits per heavy atom. The fourth-order valence-electron chi connectivity index (χ4n) is 1.55. The van der Waals surface area contributed by atoms with Crippen LogP contribution in [-0.4, -0.2) is 13.3 Å². The predicted molar refractivity (Wildman–Crippen MR) is 42.4 cm³/mol. The summed E-state index contributed by atoms with van der Waals surface area (Å²) < 4.78 is 5.23. The topological polar surface area (TPSA) is 33.3 Å². The Kier molecular flexibility index (Phi) is 1.68. The maximum Gasteiger partial charge on any atom is 0.132 e. The zero-order valence-corrected chi connectivity index (χ0v) is 6.50. The van der Waals surface area contributed by atoms with Crippen molar-refractivity contribution in [2.24, 2.45) is 5.92 Å². The maximum absolute atomic E-state index is 5.23. The van der Waals surface area contributed by atoms with Crippen LogP contribution in [0.3, 0.4) is 0 Å². The molecule has 60 valence electrons. The molecular weight excluding hydrogens is 140 g/mol. The molecule has 11 heavy (non-hydrogen) atoms. The number of rotatable bonds is 1. The van der Waals surface area contributed by atoms with E-state index in [1.165, 1.54) is 5.70 Å². The van der Waals surface area contributed by atoms with E-state index in [1.54, 1.807) is 7.11 Å². The summed E-state index contributed by atoms with van der Waals surface area (Å²) in [6.45, 7) is 0. The van der Waals surface area contributed by atoms with E-state index >= 15 is 0 Å². The Bertz CT molecular complexity index is 210. The minimum Gasteiger partial charge on any atom is -0.364 e. The maximum atomic E-state index is 5.23. The second kappa shape index (κ2) is 2.68. The van der Waals surface area contributed by atoms with E-state index < -0.39 is 0 Å². The van der Waals surface area contributed by atoms with Crippen molar-refractivity contribution in [3.05, 3.63) is 23.9 Å². The average molecular weight is 152 g/mol. The highest BCUT2D eigenvalue weighted by Gasteiger charge is 2.30. The Morgan fingerprint density at radius 3 is 3.36 bits per heavy atom. The van der Waals surface area contributed by atoms with E-state index in [0.29, 0.717) is 5.92 Å². The van der Waals surface area contributed by atoms with Gasteiger partial charge in [0.2, 0.25) is 0 Å². The van der Waals surface area contributed by atoms with Crippen LogP contribution >= 0.6 is 0 Å². The first kappa shape index (κ1) is 6.88. The van der Waals surface area contributed by atoms with Gasteiger partial charge in [0.05, 0.1) is 0 Å². The quantitative estimate of drug-likeness (QED) is 0.575. The SMILES string of the molecule is COC1NNC2=CC=CCC21. The van der Waals surface area contributed by atoms with Gasteiger partial charge in [-0.1, -0.05) is 12.2 Å². The molecule has 1 fully saturated rings. The molecule has 0 radical (unpaired) electrons. The summed E-state index contributed by atoms with van der Waals surface area (Å²) in [5, 5.41) is 0. The van der Waals surface area contributed by atoms with Crippen molar-refractivity contribution < 1.29 is 4.74 Å². The van der Waals surface area contributed by atoms with Crippen LogP contribution in [0.2, 0.25) is 0 Å². The summed E-state index contributed by atoms with van der Waals surface area (Å²) in [5.41, 5.74) is 7.40. The molecule has 1 aliphatic carbocycles. The standard InChI is InChI=1S/C8H12N2O/c1-11-8-6-4-2-3-5-7(6)9-10-8/h2-3,5-6,8-10H,4H2,1H3. The van der Waals surface area contributed by atoms with Crippen LogP contribution in [0.4, 0.5) is 0 Å². The Balaban J connectivity index is 2.15. The van der Waals surface area contributed by atoms with Crippen molar-refractivity contribution in [2.75, 3.05) is 7.11 Å². The van der Waals surface area contributed by atoms with Crippen LogP contribution in [0, 0.1) is 5.92 Å². The number of ether oxygens (including phenoxy) is 1. The molecule has 1 heterocycles. The number of nitrogens with one attached hydrogen (secondary N) is 2. The predicted octanol–water partition coefficient (Wildman–Crippen LogP) is 0.527. The molecule has 0 spiro atoms. The Labute approximate surface area is 66.1 Å². The molecule has 2 unspecified atom stereocenters. The second-order valence-electron chi connectivity index (χ2n) is 2.82. The first-order valence-corrected chi connectivity index (χ1v) is 3.83. The first-order chi connectivity index (χ1) is 5.42. The Morgan fingerprint density at radius 1 is 1.64 bits per heavy atom. The van der Waals surface area contributed by atoms with Gasteiger partial charge in [0, 0.05) is 18.7 Å². The summed E-state index contributed by atoms with van der Waals surface area (Å²) >= 11 is 0.